The number of methoxy groups -OCH3 is 3. The van der Waals surface area contributed by atoms with E-state index in [1.807, 2.05) is 27.7 Å². The number of likely N-dealkylation sites (N-methyl/N-ethyl adjacent to an activating group) is 1. The van der Waals surface area contributed by atoms with Crippen LogP contribution < -0.4 is 21.7 Å². The van der Waals surface area contributed by atoms with Crippen LogP contribution in [-0.2, 0) is 33.4 Å². The van der Waals surface area contributed by atoms with Crippen molar-refractivity contribution in [1.29, 1.82) is 0 Å². The maximum absolute atomic E-state index is 14.3. The number of nitrogens with one attached hydrogen (secondary N) is 3. The lowest BCUT2D eigenvalue weighted by molar-refractivity contribution is -0.148. The van der Waals surface area contributed by atoms with Crippen molar-refractivity contribution in [2.45, 2.75) is 117 Å². The summed E-state index contributed by atoms with van der Waals surface area (Å²) in [5, 5.41) is 8.63. The van der Waals surface area contributed by atoms with Crippen LogP contribution in [-0.4, -0.2) is 134 Å². The largest absolute Gasteiger partial charge is 0.467 e. The number of aromatic nitrogens is 2. The highest BCUT2D eigenvalue weighted by Crippen LogP contribution is 2.30. The number of carbonyl (C=O) groups excluding carboxylic acids is 5. The van der Waals surface area contributed by atoms with Crippen LogP contribution in [0.2, 0.25) is 0 Å². The van der Waals surface area contributed by atoms with E-state index in [-0.39, 0.29) is 60.2 Å². The highest BCUT2D eigenvalue weighted by atomic mass is 16.5. The van der Waals surface area contributed by atoms with E-state index in [1.54, 1.807) is 50.8 Å². The first-order chi connectivity index (χ1) is 25.1. The molecule has 0 aliphatic carbocycles. The molecule has 2 rings (SSSR count). The third-order valence-corrected chi connectivity index (χ3v) is 10.2. The Morgan fingerprint density at radius 1 is 1.04 bits per heavy atom. The molecule has 1 fully saturated rings. The van der Waals surface area contributed by atoms with Crippen LogP contribution in [0.4, 0.5) is 5.95 Å². The van der Waals surface area contributed by atoms with Gasteiger partial charge in [0.2, 0.25) is 23.7 Å². The Labute approximate surface area is 315 Å². The highest BCUT2D eigenvalue weighted by molar-refractivity contribution is 5.93. The first kappa shape index (κ1) is 45.3. The molecule has 0 unspecified atom stereocenters. The van der Waals surface area contributed by atoms with E-state index in [0.717, 1.165) is 6.42 Å². The summed E-state index contributed by atoms with van der Waals surface area (Å²) in [5.74, 6) is -2.46. The standard InChI is InChI=1S/C37H64N8O8/c1-12-22(5)31(44(8)35(49)30(21(3)4)43-37-40-23(6)19-26(42-37)34(48)39-17-16-38)28(51-9)20-29(46)45-18-14-15-27(45)32(52-10)24(7)33(47)41-25(13-2)36(50)53-11/h19,21-22,24-25,27-28,30-32H,12-18,20,38H2,1-11H3,(H,39,48)(H,41,47)(H,40,42,43)/t22-,24+,25-,27-,28+,30-,31-,32+/m0/s1. The predicted molar refractivity (Wildman–Crippen MR) is 201 cm³/mol. The minimum Gasteiger partial charge on any atom is -0.467 e. The third-order valence-electron chi connectivity index (χ3n) is 10.2. The summed E-state index contributed by atoms with van der Waals surface area (Å²) in [6.45, 7) is 14.2. The Kier molecular flexibility index (Phi) is 18.6. The molecule has 300 valence electrons. The maximum Gasteiger partial charge on any atom is 0.328 e. The lowest BCUT2D eigenvalue weighted by Gasteiger charge is -2.40. The third kappa shape index (κ3) is 12.1. The molecule has 4 amide bonds. The van der Waals surface area contributed by atoms with Crippen molar-refractivity contribution in [2.75, 3.05) is 53.3 Å². The molecule has 1 aromatic rings. The second-order valence-corrected chi connectivity index (χ2v) is 14.2. The first-order valence-electron chi connectivity index (χ1n) is 18.7. The van der Waals surface area contributed by atoms with Crippen LogP contribution in [0.5, 0.6) is 0 Å². The van der Waals surface area contributed by atoms with Gasteiger partial charge in [-0.05, 0) is 44.1 Å². The Bertz CT molecular complexity index is 1380. The normalized spacial score (nSPS) is 18.3. The average Bonchev–Trinajstić information content (AvgIpc) is 3.63. The zero-order valence-corrected chi connectivity index (χ0v) is 33.6. The topological polar surface area (TPSA) is 207 Å². The van der Waals surface area contributed by atoms with Crippen LogP contribution in [0.25, 0.3) is 0 Å². The van der Waals surface area contributed by atoms with Crippen LogP contribution in [0.1, 0.15) is 89.8 Å². The number of hydrogen-bond acceptors (Lipinski definition) is 12. The van der Waals surface area contributed by atoms with E-state index < -0.39 is 48.1 Å². The minimum absolute atomic E-state index is 0.00107. The van der Waals surface area contributed by atoms with Crippen LogP contribution in [0, 0.1) is 24.7 Å². The molecule has 0 bridgehead atoms. The van der Waals surface area contributed by atoms with Crippen molar-refractivity contribution in [3.63, 3.8) is 0 Å². The van der Waals surface area contributed by atoms with Gasteiger partial charge in [-0.25, -0.2) is 14.8 Å². The molecular weight excluding hydrogens is 684 g/mol. The predicted octanol–water partition coefficient (Wildman–Crippen LogP) is 1.90. The van der Waals surface area contributed by atoms with Gasteiger partial charge in [0.25, 0.3) is 5.91 Å². The molecular formula is C37H64N8O8. The molecule has 0 radical (unpaired) electrons. The van der Waals surface area contributed by atoms with Gasteiger partial charge in [0, 0.05) is 46.6 Å². The second-order valence-electron chi connectivity index (χ2n) is 14.2. The number of rotatable bonds is 21. The molecule has 1 aliphatic heterocycles. The molecule has 53 heavy (non-hydrogen) atoms. The average molecular weight is 749 g/mol. The summed E-state index contributed by atoms with van der Waals surface area (Å²) in [6.07, 6.45) is 1.18. The van der Waals surface area contributed by atoms with E-state index in [2.05, 4.69) is 25.9 Å². The molecule has 8 atom stereocenters. The van der Waals surface area contributed by atoms with Gasteiger partial charge in [-0.2, -0.15) is 0 Å². The number of amides is 4. The number of esters is 1. The fraction of sp³-hybridized carbons (Fsp3) is 0.757. The smallest absolute Gasteiger partial charge is 0.328 e. The quantitative estimate of drug-likeness (QED) is 0.133. The van der Waals surface area contributed by atoms with Crippen molar-refractivity contribution in [3.05, 3.63) is 17.5 Å². The van der Waals surface area contributed by atoms with Gasteiger partial charge >= 0.3 is 5.97 Å². The zero-order chi connectivity index (χ0) is 40.0. The molecule has 16 nitrogen and oxygen atoms in total. The van der Waals surface area contributed by atoms with Gasteiger partial charge in [-0.15, -0.1) is 0 Å². The molecule has 5 N–H and O–H groups in total. The number of nitrogens with two attached hydrogens (primary N) is 1. The summed E-state index contributed by atoms with van der Waals surface area (Å²) in [4.78, 5) is 78.7. The molecule has 16 heteroatoms. The molecule has 2 heterocycles. The van der Waals surface area contributed by atoms with Gasteiger partial charge in [0.15, 0.2) is 0 Å². The van der Waals surface area contributed by atoms with Crippen LogP contribution >= 0.6 is 0 Å². The zero-order valence-electron chi connectivity index (χ0n) is 33.6. The molecule has 1 aliphatic rings. The SMILES string of the molecule is CC[C@H](NC(=O)[C@H](C)[C@@H](OC)[C@@H]1CCCN1C(=O)C[C@@H](OC)[C@H]([C@@H](C)CC)N(C)C(=O)[C@@H](Nc1nc(C)cc(C(=O)NCCN)n1)C(C)C)C(=O)OC. The van der Waals surface area contributed by atoms with Crippen molar-refractivity contribution in [3.8, 4) is 0 Å². The van der Waals surface area contributed by atoms with Gasteiger partial charge in [-0.1, -0.05) is 48.0 Å². The fourth-order valence-electron chi connectivity index (χ4n) is 6.98. The summed E-state index contributed by atoms with van der Waals surface area (Å²) in [7, 11) is 6.05. The Balaban J connectivity index is 2.31. The molecule has 1 aromatic heterocycles. The van der Waals surface area contributed by atoms with Crippen molar-refractivity contribution >= 4 is 35.5 Å². The van der Waals surface area contributed by atoms with E-state index in [1.165, 1.54) is 14.2 Å². The summed E-state index contributed by atoms with van der Waals surface area (Å²) in [6, 6.07) is -0.832. The number of carbonyl (C=O) groups is 5. The fourth-order valence-corrected chi connectivity index (χ4v) is 6.98. The van der Waals surface area contributed by atoms with Crippen molar-refractivity contribution in [2.24, 2.45) is 23.5 Å². The van der Waals surface area contributed by atoms with E-state index in [9.17, 15) is 24.0 Å². The van der Waals surface area contributed by atoms with Gasteiger partial charge in [-0.3, -0.25) is 19.2 Å². The lowest BCUT2D eigenvalue weighted by Crippen LogP contribution is -2.56. The number of anilines is 1. The molecule has 0 saturated carbocycles. The van der Waals surface area contributed by atoms with Gasteiger partial charge in [0.1, 0.15) is 17.8 Å². The minimum atomic E-state index is -0.784. The van der Waals surface area contributed by atoms with E-state index in [0.29, 0.717) is 38.0 Å². The second kappa shape index (κ2) is 21.7. The van der Waals surface area contributed by atoms with Crippen LogP contribution in [0.15, 0.2) is 6.07 Å². The number of nitrogens with zero attached hydrogens (tertiary/aromatic N) is 4. The monoisotopic (exact) mass is 748 g/mol. The Hall–Kier alpha value is -3.89. The Morgan fingerprint density at radius 3 is 2.26 bits per heavy atom. The number of aryl methyl sites for hydroxylation is 1. The number of likely N-dealkylation sites (tertiary alicyclic amines) is 1. The van der Waals surface area contributed by atoms with E-state index >= 15 is 0 Å². The lowest BCUT2D eigenvalue weighted by atomic mass is 9.89. The van der Waals surface area contributed by atoms with E-state index in [4.69, 9.17) is 19.9 Å². The summed E-state index contributed by atoms with van der Waals surface area (Å²) < 4.78 is 16.7. The summed E-state index contributed by atoms with van der Waals surface area (Å²) >= 11 is 0. The van der Waals surface area contributed by atoms with Crippen molar-refractivity contribution in [1.82, 2.24) is 30.4 Å². The van der Waals surface area contributed by atoms with Crippen LogP contribution in [0.3, 0.4) is 0 Å². The number of ether oxygens (including phenoxy) is 3. The Morgan fingerprint density at radius 2 is 1.72 bits per heavy atom. The molecule has 0 spiro atoms. The number of hydrogen-bond donors (Lipinski definition) is 4. The maximum atomic E-state index is 14.3. The van der Waals surface area contributed by atoms with Gasteiger partial charge < -0.3 is 45.7 Å². The van der Waals surface area contributed by atoms with Gasteiger partial charge in [0.05, 0.1) is 43.7 Å². The molecule has 1 saturated heterocycles. The molecule has 0 aromatic carbocycles. The summed E-state index contributed by atoms with van der Waals surface area (Å²) in [5.41, 5.74) is 6.24. The first-order valence-corrected chi connectivity index (χ1v) is 18.7. The van der Waals surface area contributed by atoms with Crippen molar-refractivity contribution < 1.29 is 38.2 Å². The highest BCUT2D eigenvalue weighted by Gasteiger charge is 2.43.